The highest BCUT2D eigenvalue weighted by molar-refractivity contribution is 14.1. The lowest BCUT2D eigenvalue weighted by Crippen LogP contribution is -2.28. The molecule has 0 spiro atoms. The lowest BCUT2D eigenvalue weighted by Gasteiger charge is -2.14. The van der Waals surface area contributed by atoms with E-state index in [1.807, 2.05) is 44.2 Å². The fraction of sp³-hybridized carbons (Fsp3) is 0.400. The Morgan fingerprint density at radius 1 is 1.23 bits per heavy atom. The van der Waals surface area contributed by atoms with E-state index >= 15 is 0 Å². The molecule has 118 valence electrons. The van der Waals surface area contributed by atoms with Crippen molar-refractivity contribution < 1.29 is 14.3 Å². The number of rotatable bonds is 8. The van der Waals surface area contributed by atoms with Gasteiger partial charge in [-0.15, -0.1) is 5.10 Å². The van der Waals surface area contributed by atoms with Gasteiger partial charge in [-0.25, -0.2) is 4.68 Å². The quantitative estimate of drug-likeness (QED) is 0.377. The zero-order valence-electron chi connectivity index (χ0n) is 12.5. The van der Waals surface area contributed by atoms with Crippen molar-refractivity contribution in [3.63, 3.8) is 0 Å². The Balaban J connectivity index is 2.17. The van der Waals surface area contributed by atoms with Crippen LogP contribution in [0.15, 0.2) is 30.3 Å². The summed E-state index contributed by atoms with van der Waals surface area (Å²) in [5.74, 6) is -0.299. The van der Waals surface area contributed by atoms with Crippen molar-refractivity contribution in [1.29, 1.82) is 0 Å². The second-order valence-electron chi connectivity index (χ2n) is 4.48. The fourth-order valence-corrected chi connectivity index (χ4v) is 2.56. The minimum Gasteiger partial charge on any atom is -0.346 e. The Morgan fingerprint density at radius 3 is 2.45 bits per heavy atom. The first-order valence-corrected chi connectivity index (χ1v) is 8.15. The van der Waals surface area contributed by atoms with Gasteiger partial charge < -0.3 is 9.47 Å². The molecule has 0 bridgehead atoms. The van der Waals surface area contributed by atoms with Gasteiger partial charge in [-0.05, 0) is 42.0 Å². The molecule has 1 aromatic heterocycles. The van der Waals surface area contributed by atoms with Gasteiger partial charge in [0, 0.05) is 13.2 Å². The number of hydrogen-bond acceptors (Lipinski definition) is 5. The maximum atomic E-state index is 12.4. The summed E-state index contributed by atoms with van der Waals surface area (Å²) in [4.78, 5) is 12.4. The number of nitrogens with zero attached hydrogens (tertiary/aromatic N) is 3. The van der Waals surface area contributed by atoms with Crippen LogP contribution in [0.4, 0.5) is 0 Å². The van der Waals surface area contributed by atoms with Crippen LogP contribution in [-0.2, 0) is 16.0 Å². The molecule has 2 rings (SSSR count). The normalized spacial score (nSPS) is 11.1. The minimum atomic E-state index is -0.926. The highest BCUT2D eigenvalue weighted by atomic mass is 127. The predicted molar refractivity (Wildman–Crippen MR) is 89.7 cm³/mol. The second-order valence-corrected chi connectivity index (χ2v) is 5.50. The third-order valence-electron chi connectivity index (χ3n) is 2.93. The standard InChI is InChI=1S/C15H18IN3O3/c1-3-21-15(22-4-2)13(20)12-14(16)19(18-17-12)10-11-8-6-5-7-9-11/h5-9,15H,3-4,10H2,1-2H3. The number of carbonyl (C=O) groups is 1. The van der Waals surface area contributed by atoms with Crippen LogP contribution in [-0.4, -0.2) is 40.3 Å². The van der Waals surface area contributed by atoms with Crippen LogP contribution in [0.3, 0.4) is 0 Å². The molecule has 0 aliphatic rings. The summed E-state index contributed by atoms with van der Waals surface area (Å²) in [5, 5.41) is 8.06. The number of benzene rings is 1. The van der Waals surface area contributed by atoms with E-state index in [4.69, 9.17) is 9.47 Å². The first-order chi connectivity index (χ1) is 10.7. The van der Waals surface area contributed by atoms with Crippen molar-refractivity contribution >= 4 is 28.4 Å². The van der Waals surface area contributed by atoms with E-state index in [2.05, 4.69) is 32.9 Å². The minimum absolute atomic E-state index is 0.281. The molecule has 0 aliphatic heterocycles. The van der Waals surface area contributed by atoms with E-state index in [9.17, 15) is 4.79 Å². The van der Waals surface area contributed by atoms with Crippen molar-refractivity contribution in [2.45, 2.75) is 26.7 Å². The van der Waals surface area contributed by atoms with Crippen LogP contribution < -0.4 is 0 Å². The fourth-order valence-electron chi connectivity index (χ4n) is 1.92. The van der Waals surface area contributed by atoms with Gasteiger partial charge in [-0.2, -0.15) is 0 Å². The average Bonchev–Trinajstić information content (AvgIpc) is 2.88. The van der Waals surface area contributed by atoms with Crippen molar-refractivity contribution in [2.75, 3.05) is 13.2 Å². The Labute approximate surface area is 142 Å². The van der Waals surface area contributed by atoms with E-state index in [-0.39, 0.29) is 11.5 Å². The third-order valence-corrected chi connectivity index (χ3v) is 4.00. The second kappa shape index (κ2) is 8.35. The zero-order valence-corrected chi connectivity index (χ0v) is 14.7. The lowest BCUT2D eigenvalue weighted by molar-refractivity contribution is -0.107. The molecule has 0 saturated carbocycles. The maximum absolute atomic E-state index is 12.4. The smallest absolute Gasteiger partial charge is 0.241 e. The van der Waals surface area contributed by atoms with E-state index in [0.29, 0.717) is 23.5 Å². The molecule has 0 amide bonds. The summed E-state index contributed by atoms with van der Waals surface area (Å²) in [7, 11) is 0. The summed E-state index contributed by atoms with van der Waals surface area (Å²) in [6, 6.07) is 9.89. The van der Waals surface area contributed by atoms with Gasteiger partial charge in [0.2, 0.25) is 12.1 Å². The molecule has 0 atom stereocenters. The summed E-state index contributed by atoms with van der Waals surface area (Å²) >= 11 is 2.07. The maximum Gasteiger partial charge on any atom is 0.241 e. The number of carbonyl (C=O) groups excluding carboxylic acids is 1. The number of ether oxygens (including phenoxy) is 2. The SMILES string of the molecule is CCOC(OCC)C(=O)c1nnn(Cc2ccccc2)c1I. The molecule has 0 aliphatic carbocycles. The number of aromatic nitrogens is 3. The van der Waals surface area contributed by atoms with Crippen molar-refractivity contribution in [2.24, 2.45) is 0 Å². The van der Waals surface area contributed by atoms with Crippen LogP contribution in [0.1, 0.15) is 29.9 Å². The van der Waals surface area contributed by atoms with Gasteiger partial charge >= 0.3 is 0 Å². The summed E-state index contributed by atoms with van der Waals surface area (Å²) in [6.07, 6.45) is -0.926. The van der Waals surface area contributed by atoms with Crippen LogP contribution in [0.25, 0.3) is 0 Å². The van der Waals surface area contributed by atoms with Crippen molar-refractivity contribution in [3.05, 3.63) is 45.3 Å². The molecule has 0 unspecified atom stereocenters. The topological polar surface area (TPSA) is 66.2 Å². The largest absolute Gasteiger partial charge is 0.346 e. The molecule has 0 N–H and O–H groups in total. The lowest BCUT2D eigenvalue weighted by atomic mass is 10.2. The van der Waals surface area contributed by atoms with Crippen LogP contribution in [0, 0.1) is 3.70 Å². The van der Waals surface area contributed by atoms with Gasteiger partial charge in [-0.1, -0.05) is 35.5 Å². The molecule has 0 radical (unpaired) electrons. The monoisotopic (exact) mass is 415 g/mol. The number of ketones is 1. The van der Waals surface area contributed by atoms with Crippen LogP contribution in [0.2, 0.25) is 0 Å². The Hall–Kier alpha value is -1.32. The molecular formula is C15H18IN3O3. The Morgan fingerprint density at radius 2 is 1.86 bits per heavy atom. The third kappa shape index (κ3) is 4.11. The highest BCUT2D eigenvalue weighted by Crippen LogP contribution is 2.15. The number of Topliss-reactive ketones (excluding diaryl/α,β-unsaturated/α-hetero) is 1. The number of hydrogen-bond donors (Lipinski definition) is 0. The first-order valence-electron chi connectivity index (χ1n) is 7.07. The van der Waals surface area contributed by atoms with E-state index in [1.165, 1.54) is 0 Å². The molecule has 1 aromatic carbocycles. The Bertz CT molecular complexity index is 610. The van der Waals surface area contributed by atoms with Crippen LogP contribution in [0.5, 0.6) is 0 Å². The first kappa shape index (κ1) is 17.0. The van der Waals surface area contributed by atoms with E-state index in [1.54, 1.807) is 4.68 Å². The van der Waals surface area contributed by atoms with Gasteiger partial charge in [-0.3, -0.25) is 4.79 Å². The predicted octanol–water partition coefficient (Wildman–Crippen LogP) is 2.51. The molecule has 1 heterocycles. The molecule has 0 saturated heterocycles. The molecule has 7 heteroatoms. The van der Waals surface area contributed by atoms with Gasteiger partial charge in [0.15, 0.2) is 5.69 Å². The molecule has 6 nitrogen and oxygen atoms in total. The molecule has 2 aromatic rings. The van der Waals surface area contributed by atoms with Crippen molar-refractivity contribution in [1.82, 2.24) is 15.0 Å². The van der Waals surface area contributed by atoms with Gasteiger partial charge in [0.05, 0.1) is 6.54 Å². The van der Waals surface area contributed by atoms with Crippen molar-refractivity contribution in [3.8, 4) is 0 Å². The summed E-state index contributed by atoms with van der Waals surface area (Å²) in [5.41, 5.74) is 1.37. The Kier molecular flexibility index (Phi) is 6.47. The molecule has 0 fully saturated rings. The molecule has 22 heavy (non-hydrogen) atoms. The summed E-state index contributed by atoms with van der Waals surface area (Å²) < 4.78 is 13.0. The summed E-state index contributed by atoms with van der Waals surface area (Å²) in [6.45, 7) is 4.98. The van der Waals surface area contributed by atoms with Crippen LogP contribution >= 0.6 is 22.6 Å². The van der Waals surface area contributed by atoms with E-state index < -0.39 is 6.29 Å². The highest BCUT2D eigenvalue weighted by Gasteiger charge is 2.27. The van der Waals surface area contributed by atoms with Gasteiger partial charge in [0.1, 0.15) is 3.70 Å². The molecular weight excluding hydrogens is 397 g/mol. The van der Waals surface area contributed by atoms with Gasteiger partial charge in [0.25, 0.3) is 0 Å². The zero-order chi connectivity index (χ0) is 15.9. The van der Waals surface area contributed by atoms with E-state index in [0.717, 1.165) is 5.56 Å². The number of halogens is 1. The average molecular weight is 415 g/mol.